The first-order valence-corrected chi connectivity index (χ1v) is 6.36. The average molecular weight is 245 g/mol. The Morgan fingerprint density at radius 3 is 2.89 bits per heavy atom. The van der Waals surface area contributed by atoms with Crippen LogP contribution in [0.2, 0.25) is 0 Å². The maximum absolute atomic E-state index is 11.7. The van der Waals surface area contributed by atoms with Crippen molar-refractivity contribution < 1.29 is 9.53 Å². The number of esters is 1. The van der Waals surface area contributed by atoms with Gasteiger partial charge >= 0.3 is 5.97 Å². The lowest BCUT2D eigenvalue weighted by molar-refractivity contribution is -0.145. The number of likely N-dealkylation sites (tertiary alicyclic amines) is 1. The molecule has 0 bridgehead atoms. The van der Waals surface area contributed by atoms with Gasteiger partial charge in [-0.25, -0.2) is 4.79 Å². The first-order valence-electron chi connectivity index (χ1n) is 6.36. The standard InChI is InChI=1S/C15H19NO2/c1-16-11-5-8-14(12-16)18-15(17)10-9-13-6-3-2-4-7-13/h2-4,6-7,9-10,14H,5,8,11-12H2,1H3/b10-9+/t14-/m1/s1. The molecule has 96 valence electrons. The van der Waals surface area contributed by atoms with Gasteiger partial charge in [0.2, 0.25) is 0 Å². The molecule has 1 atom stereocenters. The molecule has 0 saturated carbocycles. The van der Waals surface area contributed by atoms with Gasteiger partial charge in [-0.2, -0.15) is 0 Å². The third-order valence-corrected chi connectivity index (χ3v) is 3.08. The van der Waals surface area contributed by atoms with Crippen molar-refractivity contribution in [3.8, 4) is 0 Å². The maximum Gasteiger partial charge on any atom is 0.331 e. The summed E-state index contributed by atoms with van der Waals surface area (Å²) in [5, 5.41) is 0. The fourth-order valence-electron chi connectivity index (χ4n) is 2.15. The van der Waals surface area contributed by atoms with E-state index in [2.05, 4.69) is 11.9 Å². The quantitative estimate of drug-likeness (QED) is 0.604. The second-order valence-electron chi connectivity index (χ2n) is 4.71. The van der Waals surface area contributed by atoms with E-state index in [0.29, 0.717) is 0 Å². The highest BCUT2D eigenvalue weighted by atomic mass is 16.5. The molecule has 1 aliphatic rings. The summed E-state index contributed by atoms with van der Waals surface area (Å²) in [6, 6.07) is 9.76. The summed E-state index contributed by atoms with van der Waals surface area (Å²) in [7, 11) is 2.06. The van der Waals surface area contributed by atoms with Crippen molar-refractivity contribution >= 4 is 12.0 Å². The number of carbonyl (C=O) groups excluding carboxylic acids is 1. The molecule has 0 amide bonds. The van der Waals surface area contributed by atoms with Gasteiger partial charge in [0.25, 0.3) is 0 Å². The monoisotopic (exact) mass is 245 g/mol. The van der Waals surface area contributed by atoms with E-state index < -0.39 is 0 Å². The molecule has 0 unspecified atom stereocenters. The Morgan fingerprint density at radius 1 is 1.39 bits per heavy atom. The normalized spacial score (nSPS) is 21.1. The minimum absolute atomic E-state index is 0.0386. The van der Waals surface area contributed by atoms with Crippen molar-refractivity contribution in [2.45, 2.75) is 18.9 Å². The van der Waals surface area contributed by atoms with E-state index in [-0.39, 0.29) is 12.1 Å². The van der Waals surface area contributed by atoms with Crippen LogP contribution in [0.25, 0.3) is 6.08 Å². The second-order valence-corrected chi connectivity index (χ2v) is 4.71. The van der Waals surface area contributed by atoms with Gasteiger partial charge in [0.15, 0.2) is 0 Å². The Kier molecular flexibility index (Phi) is 4.53. The molecule has 0 aromatic heterocycles. The molecule has 1 saturated heterocycles. The summed E-state index contributed by atoms with van der Waals surface area (Å²) in [6.07, 6.45) is 5.39. The molecule has 1 aromatic carbocycles. The van der Waals surface area contributed by atoms with Gasteiger partial charge in [-0.05, 0) is 38.1 Å². The van der Waals surface area contributed by atoms with Crippen molar-refractivity contribution in [2.24, 2.45) is 0 Å². The Morgan fingerprint density at radius 2 is 2.17 bits per heavy atom. The Hall–Kier alpha value is -1.61. The first kappa shape index (κ1) is 12.8. The lowest BCUT2D eigenvalue weighted by atomic mass is 10.1. The van der Waals surface area contributed by atoms with Gasteiger partial charge in [0.1, 0.15) is 6.10 Å². The number of rotatable bonds is 3. The number of ether oxygens (including phenoxy) is 1. The highest BCUT2D eigenvalue weighted by Gasteiger charge is 2.19. The van der Waals surface area contributed by atoms with Crippen molar-refractivity contribution in [2.75, 3.05) is 20.1 Å². The molecule has 3 heteroatoms. The zero-order valence-electron chi connectivity index (χ0n) is 10.7. The first-order chi connectivity index (χ1) is 8.74. The van der Waals surface area contributed by atoms with Crippen LogP contribution in [0, 0.1) is 0 Å². The molecule has 0 radical (unpaired) electrons. The van der Waals surface area contributed by atoms with Crippen molar-refractivity contribution in [1.29, 1.82) is 0 Å². The van der Waals surface area contributed by atoms with Crippen LogP contribution in [0.4, 0.5) is 0 Å². The van der Waals surface area contributed by atoms with Crippen LogP contribution in [-0.4, -0.2) is 37.1 Å². The minimum atomic E-state index is -0.251. The van der Waals surface area contributed by atoms with Gasteiger partial charge in [-0.1, -0.05) is 30.3 Å². The van der Waals surface area contributed by atoms with E-state index in [1.165, 1.54) is 6.08 Å². The molecule has 18 heavy (non-hydrogen) atoms. The van der Waals surface area contributed by atoms with E-state index in [9.17, 15) is 4.79 Å². The lowest BCUT2D eigenvalue weighted by Crippen LogP contribution is -2.37. The number of nitrogens with zero attached hydrogens (tertiary/aromatic N) is 1. The van der Waals surface area contributed by atoms with Crippen LogP contribution in [0.1, 0.15) is 18.4 Å². The molecule has 1 fully saturated rings. The van der Waals surface area contributed by atoms with Crippen molar-refractivity contribution in [3.05, 3.63) is 42.0 Å². The van der Waals surface area contributed by atoms with Gasteiger partial charge in [-0.15, -0.1) is 0 Å². The Labute approximate surface area is 108 Å². The number of benzene rings is 1. The number of piperidine rings is 1. The molecule has 0 aliphatic carbocycles. The summed E-state index contributed by atoms with van der Waals surface area (Å²) in [5.41, 5.74) is 1.01. The van der Waals surface area contributed by atoms with Crippen LogP contribution in [0.5, 0.6) is 0 Å². The van der Waals surface area contributed by atoms with Crippen LogP contribution in [-0.2, 0) is 9.53 Å². The third-order valence-electron chi connectivity index (χ3n) is 3.08. The summed E-state index contributed by atoms with van der Waals surface area (Å²) >= 11 is 0. The summed E-state index contributed by atoms with van der Waals surface area (Å²) in [5.74, 6) is -0.251. The van der Waals surface area contributed by atoms with Crippen LogP contribution < -0.4 is 0 Å². The van der Waals surface area contributed by atoms with Crippen molar-refractivity contribution in [3.63, 3.8) is 0 Å². The smallest absolute Gasteiger partial charge is 0.331 e. The van der Waals surface area contributed by atoms with Crippen LogP contribution >= 0.6 is 0 Å². The molecular formula is C15H19NO2. The predicted molar refractivity (Wildman–Crippen MR) is 72.1 cm³/mol. The van der Waals surface area contributed by atoms with E-state index >= 15 is 0 Å². The topological polar surface area (TPSA) is 29.5 Å². The fourth-order valence-corrected chi connectivity index (χ4v) is 2.15. The van der Waals surface area contributed by atoms with Gasteiger partial charge in [0.05, 0.1) is 0 Å². The van der Waals surface area contributed by atoms with Crippen LogP contribution in [0.15, 0.2) is 36.4 Å². The fraction of sp³-hybridized carbons (Fsp3) is 0.400. The zero-order valence-corrected chi connectivity index (χ0v) is 10.7. The molecule has 3 nitrogen and oxygen atoms in total. The largest absolute Gasteiger partial charge is 0.458 e. The van der Waals surface area contributed by atoms with E-state index in [1.807, 2.05) is 30.3 Å². The number of hydrogen-bond acceptors (Lipinski definition) is 3. The molecule has 0 spiro atoms. The van der Waals surface area contributed by atoms with E-state index in [1.54, 1.807) is 6.08 Å². The van der Waals surface area contributed by atoms with Crippen molar-refractivity contribution in [1.82, 2.24) is 4.90 Å². The highest BCUT2D eigenvalue weighted by Crippen LogP contribution is 2.12. The predicted octanol–water partition coefficient (Wildman–Crippen LogP) is 2.34. The molecule has 1 heterocycles. The SMILES string of the molecule is CN1CCC[C@@H](OC(=O)/C=C/c2ccccc2)C1. The molecular weight excluding hydrogens is 226 g/mol. The Bertz CT molecular complexity index is 414. The number of hydrogen-bond donors (Lipinski definition) is 0. The van der Waals surface area contributed by atoms with Gasteiger partial charge in [-0.3, -0.25) is 0 Å². The molecule has 0 N–H and O–H groups in total. The maximum atomic E-state index is 11.7. The lowest BCUT2D eigenvalue weighted by Gasteiger charge is -2.28. The van der Waals surface area contributed by atoms with Gasteiger partial charge < -0.3 is 9.64 Å². The summed E-state index contributed by atoms with van der Waals surface area (Å²) < 4.78 is 5.42. The second kappa shape index (κ2) is 6.36. The Balaban J connectivity index is 1.83. The van der Waals surface area contributed by atoms with Crippen LogP contribution in [0.3, 0.4) is 0 Å². The zero-order chi connectivity index (χ0) is 12.8. The number of carbonyl (C=O) groups is 1. The third kappa shape index (κ3) is 4.00. The average Bonchev–Trinajstić information content (AvgIpc) is 2.38. The van der Waals surface area contributed by atoms with Gasteiger partial charge in [0, 0.05) is 12.6 Å². The summed E-state index contributed by atoms with van der Waals surface area (Å²) in [4.78, 5) is 13.9. The molecule has 2 rings (SSSR count). The minimum Gasteiger partial charge on any atom is -0.458 e. The van der Waals surface area contributed by atoms with E-state index in [0.717, 1.165) is 31.5 Å². The molecule has 1 aliphatic heterocycles. The highest BCUT2D eigenvalue weighted by molar-refractivity contribution is 5.87. The summed E-state index contributed by atoms with van der Waals surface area (Å²) in [6.45, 7) is 1.93. The van der Waals surface area contributed by atoms with E-state index in [4.69, 9.17) is 4.74 Å². The number of likely N-dealkylation sites (N-methyl/N-ethyl adjacent to an activating group) is 1. The molecule has 1 aromatic rings.